The van der Waals surface area contributed by atoms with E-state index in [1.165, 1.54) is 5.56 Å². The lowest BCUT2D eigenvalue weighted by Gasteiger charge is -2.27. The molecular formula is C14H18N2S. The molecular weight excluding hydrogens is 228 g/mol. The van der Waals surface area contributed by atoms with Crippen molar-refractivity contribution in [2.45, 2.75) is 0 Å². The number of rotatable bonds is 3. The molecule has 1 aromatic carbocycles. The van der Waals surface area contributed by atoms with Crippen LogP contribution < -0.4 is 4.72 Å². The van der Waals surface area contributed by atoms with Crippen LogP contribution in [0.15, 0.2) is 48.7 Å². The number of aromatic nitrogens is 1. The molecule has 2 aromatic rings. The molecule has 0 unspecified atom stereocenters. The van der Waals surface area contributed by atoms with E-state index in [2.05, 4.69) is 46.7 Å². The first-order chi connectivity index (χ1) is 8.04. The van der Waals surface area contributed by atoms with Gasteiger partial charge in [0.15, 0.2) is 0 Å². The first kappa shape index (κ1) is 12.0. The minimum absolute atomic E-state index is 0.767. The molecule has 0 aliphatic rings. The number of pyridine rings is 1. The van der Waals surface area contributed by atoms with Crippen molar-refractivity contribution in [3.05, 3.63) is 48.7 Å². The monoisotopic (exact) mass is 246 g/mol. The topological polar surface area (TPSA) is 24.9 Å². The normalized spacial score (nSPS) is 12.2. The Morgan fingerprint density at radius 1 is 0.882 bits per heavy atom. The van der Waals surface area contributed by atoms with Gasteiger partial charge in [-0.25, -0.2) is 4.98 Å². The number of nitrogens with zero attached hydrogens (tertiary/aromatic N) is 1. The summed E-state index contributed by atoms with van der Waals surface area (Å²) in [5, 5.41) is 0. The van der Waals surface area contributed by atoms with E-state index in [0.717, 1.165) is 11.4 Å². The van der Waals surface area contributed by atoms with Crippen molar-refractivity contribution < 1.29 is 0 Å². The molecule has 0 bridgehead atoms. The van der Waals surface area contributed by atoms with Gasteiger partial charge in [0.1, 0.15) is 5.82 Å². The van der Waals surface area contributed by atoms with E-state index in [-0.39, 0.29) is 0 Å². The molecule has 17 heavy (non-hydrogen) atoms. The van der Waals surface area contributed by atoms with E-state index in [0.29, 0.717) is 0 Å². The largest absolute Gasteiger partial charge is 0.333 e. The van der Waals surface area contributed by atoms with Crippen LogP contribution in [0.25, 0.3) is 11.1 Å². The molecule has 1 aromatic heterocycles. The van der Waals surface area contributed by atoms with Gasteiger partial charge < -0.3 is 4.72 Å². The van der Waals surface area contributed by atoms with Gasteiger partial charge in [-0.05, 0) is 36.5 Å². The summed E-state index contributed by atoms with van der Waals surface area (Å²) in [6.45, 7) is 0. The highest BCUT2D eigenvalue weighted by Crippen LogP contribution is 2.34. The Bertz CT molecular complexity index is 472. The van der Waals surface area contributed by atoms with Crippen LogP contribution in [0.4, 0.5) is 5.82 Å². The summed E-state index contributed by atoms with van der Waals surface area (Å²) < 4.78 is 3.43. The number of benzene rings is 1. The second kappa shape index (κ2) is 4.80. The van der Waals surface area contributed by atoms with Gasteiger partial charge in [0, 0.05) is 11.8 Å². The molecule has 0 aliphatic heterocycles. The Balaban J connectivity index is 2.19. The Morgan fingerprint density at radius 2 is 1.59 bits per heavy atom. The average molecular weight is 246 g/mol. The third-order valence-corrected chi connectivity index (χ3v) is 3.10. The van der Waals surface area contributed by atoms with Gasteiger partial charge in [-0.1, -0.05) is 30.3 Å². The lowest BCUT2D eigenvalue weighted by molar-refractivity contribution is 1.33. The number of anilines is 1. The predicted molar refractivity (Wildman–Crippen MR) is 78.7 cm³/mol. The van der Waals surface area contributed by atoms with Crippen molar-refractivity contribution in [1.82, 2.24) is 4.98 Å². The lowest BCUT2D eigenvalue weighted by Crippen LogP contribution is -2.06. The van der Waals surface area contributed by atoms with Crippen molar-refractivity contribution in [3.63, 3.8) is 0 Å². The van der Waals surface area contributed by atoms with Gasteiger partial charge >= 0.3 is 0 Å². The molecule has 0 atom stereocenters. The second-order valence-corrected chi connectivity index (χ2v) is 8.62. The second-order valence-electron chi connectivity index (χ2n) is 4.74. The van der Waals surface area contributed by atoms with Crippen LogP contribution in [-0.2, 0) is 0 Å². The van der Waals surface area contributed by atoms with Crippen molar-refractivity contribution in [2.75, 3.05) is 23.5 Å². The Morgan fingerprint density at radius 3 is 2.12 bits per heavy atom. The molecule has 0 amide bonds. The maximum Gasteiger partial charge on any atom is 0.134 e. The highest BCUT2D eigenvalue weighted by molar-refractivity contribution is 8.33. The third-order valence-electron chi connectivity index (χ3n) is 2.28. The molecule has 0 spiro atoms. The lowest BCUT2D eigenvalue weighted by atomic mass is 10.1. The zero-order valence-electron chi connectivity index (χ0n) is 10.5. The van der Waals surface area contributed by atoms with E-state index in [1.54, 1.807) is 0 Å². The van der Waals surface area contributed by atoms with E-state index >= 15 is 0 Å². The summed E-state index contributed by atoms with van der Waals surface area (Å²) in [5.74, 6) is 0.951. The molecule has 1 N–H and O–H groups in total. The maximum absolute atomic E-state index is 4.45. The summed E-state index contributed by atoms with van der Waals surface area (Å²) in [5.41, 5.74) is 2.36. The first-order valence-electron chi connectivity index (χ1n) is 5.52. The highest BCUT2D eigenvalue weighted by Gasteiger charge is 2.04. The van der Waals surface area contributed by atoms with Crippen molar-refractivity contribution in [2.24, 2.45) is 0 Å². The zero-order chi connectivity index (χ0) is 12.3. The number of nitrogens with one attached hydrogen (secondary N) is 1. The fourth-order valence-electron chi connectivity index (χ4n) is 1.57. The molecule has 0 aliphatic carbocycles. The number of hydrogen-bond donors (Lipinski definition) is 1. The highest BCUT2D eigenvalue weighted by atomic mass is 32.3. The standard InChI is InChI=1S/C14H18N2S/c1-17(2,3)16-14-10-9-13(11-15-14)12-7-5-4-6-8-12/h4-11H,1-3H3,(H,15,16). The van der Waals surface area contributed by atoms with Crippen LogP contribution in [0, 0.1) is 0 Å². The van der Waals surface area contributed by atoms with Gasteiger partial charge in [-0.15, -0.1) is 0 Å². The number of hydrogen-bond acceptors (Lipinski definition) is 2. The van der Waals surface area contributed by atoms with Gasteiger partial charge in [0.25, 0.3) is 0 Å². The van der Waals surface area contributed by atoms with Gasteiger partial charge in [-0.2, -0.15) is 10.2 Å². The molecule has 0 fully saturated rings. The van der Waals surface area contributed by atoms with Crippen molar-refractivity contribution in [3.8, 4) is 11.1 Å². The molecule has 3 heteroatoms. The minimum atomic E-state index is -0.767. The molecule has 2 nitrogen and oxygen atoms in total. The van der Waals surface area contributed by atoms with Crippen molar-refractivity contribution >= 4 is 16.0 Å². The summed E-state index contributed by atoms with van der Waals surface area (Å²) in [4.78, 5) is 4.45. The zero-order valence-corrected chi connectivity index (χ0v) is 11.3. The third kappa shape index (κ3) is 3.49. The molecule has 0 saturated carbocycles. The van der Waals surface area contributed by atoms with Crippen LogP contribution in [0.5, 0.6) is 0 Å². The van der Waals surface area contributed by atoms with E-state index < -0.39 is 10.2 Å². The van der Waals surface area contributed by atoms with Crippen LogP contribution >= 0.6 is 10.2 Å². The smallest absolute Gasteiger partial charge is 0.134 e. The molecule has 0 radical (unpaired) electrons. The predicted octanol–water partition coefficient (Wildman–Crippen LogP) is 3.77. The van der Waals surface area contributed by atoms with Gasteiger partial charge in [-0.3, -0.25) is 0 Å². The average Bonchev–Trinajstić information content (AvgIpc) is 2.29. The molecule has 0 saturated heterocycles. The Labute approximate surface area is 105 Å². The van der Waals surface area contributed by atoms with Crippen LogP contribution in [-0.4, -0.2) is 23.8 Å². The summed E-state index contributed by atoms with van der Waals surface area (Å²) >= 11 is 0. The first-order valence-corrected chi connectivity index (χ1v) is 8.38. The van der Waals surface area contributed by atoms with Crippen molar-refractivity contribution in [1.29, 1.82) is 0 Å². The van der Waals surface area contributed by atoms with E-state index in [4.69, 9.17) is 0 Å². The van der Waals surface area contributed by atoms with E-state index in [9.17, 15) is 0 Å². The molecule has 90 valence electrons. The molecule has 1 heterocycles. The quantitative estimate of drug-likeness (QED) is 0.891. The van der Waals surface area contributed by atoms with Gasteiger partial charge in [0.2, 0.25) is 0 Å². The van der Waals surface area contributed by atoms with E-state index in [1.807, 2.05) is 30.5 Å². The molecule has 2 rings (SSSR count). The fourth-order valence-corrected chi connectivity index (χ4v) is 2.32. The summed E-state index contributed by atoms with van der Waals surface area (Å²) in [6.07, 6.45) is 8.54. The van der Waals surface area contributed by atoms with Gasteiger partial charge in [0.05, 0.1) is 0 Å². The summed E-state index contributed by atoms with van der Waals surface area (Å²) in [7, 11) is -0.767. The SMILES string of the molecule is CS(C)(C)Nc1ccc(-c2ccccc2)cn1. The fraction of sp³-hybridized carbons (Fsp3) is 0.214. The summed E-state index contributed by atoms with van der Waals surface area (Å²) in [6, 6.07) is 14.5. The Kier molecular flexibility index (Phi) is 3.38. The van der Waals surface area contributed by atoms with Crippen LogP contribution in [0.1, 0.15) is 0 Å². The Hall–Kier alpha value is -1.48. The minimum Gasteiger partial charge on any atom is -0.333 e. The van der Waals surface area contributed by atoms with Crippen LogP contribution in [0.2, 0.25) is 0 Å². The van der Waals surface area contributed by atoms with Crippen LogP contribution in [0.3, 0.4) is 0 Å². The maximum atomic E-state index is 4.45.